The molecule has 1 saturated heterocycles. The van der Waals surface area contributed by atoms with Gasteiger partial charge in [-0.15, -0.1) is 0 Å². The van der Waals surface area contributed by atoms with Gasteiger partial charge >= 0.3 is 6.01 Å². The topological polar surface area (TPSA) is 91.6 Å². The van der Waals surface area contributed by atoms with Gasteiger partial charge < -0.3 is 19.8 Å². The molecular formula is C24H22F2N4O3. The molecule has 170 valence electrons. The summed E-state index contributed by atoms with van der Waals surface area (Å²) in [5.74, 6) is -0.906. The fourth-order valence-corrected chi connectivity index (χ4v) is 4.45. The first-order valence-corrected chi connectivity index (χ1v) is 10.6. The van der Waals surface area contributed by atoms with Crippen LogP contribution in [-0.2, 0) is 0 Å². The fourth-order valence-electron chi connectivity index (χ4n) is 4.45. The van der Waals surface area contributed by atoms with Crippen molar-refractivity contribution in [3.05, 3.63) is 48.2 Å². The molecule has 0 spiro atoms. The number of β-amino-alcohol motifs (C(OH)–C–C–N with tert-alkyl or cyclic N) is 1. The highest BCUT2D eigenvalue weighted by atomic mass is 19.1. The van der Waals surface area contributed by atoms with Crippen molar-refractivity contribution in [2.75, 3.05) is 25.1 Å². The van der Waals surface area contributed by atoms with Crippen LogP contribution in [0.4, 0.5) is 14.6 Å². The maximum absolute atomic E-state index is 15.9. The number of anilines is 1. The van der Waals surface area contributed by atoms with Crippen molar-refractivity contribution >= 4 is 27.5 Å². The lowest BCUT2D eigenvalue weighted by Crippen LogP contribution is -2.46. The van der Waals surface area contributed by atoms with Crippen molar-refractivity contribution in [3.8, 4) is 23.0 Å². The minimum atomic E-state index is -0.904. The SMILES string of the molecule is COc1nc(N2CCCC(C)(O)C2)c2cnc(-c3cc(O)cc4ccc(F)cc34)c(F)c2n1. The second-order valence-corrected chi connectivity index (χ2v) is 8.60. The number of rotatable bonds is 3. The Morgan fingerprint density at radius 3 is 2.70 bits per heavy atom. The zero-order valence-electron chi connectivity index (χ0n) is 18.1. The van der Waals surface area contributed by atoms with E-state index in [1.807, 2.05) is 4.90 Å². The Morgan fingerprint density at radius 2 is 1.94 bits per heavy atom. The van der Waals surface area contributed by atoms with Gasteiger partial charge in [0.15, 0.2) is 5.82 Å². The van der Waals surface area contributed by atoms with E-state index in [4.69, 9.17) is 4.74 Å². The molecule has 1 aliphatic rings. The average Bonchev–Trinajstić information content (AvgIpc) is 2.78. The van der Waals surface area contributed by atoms with Crippen molar-refractivity contribution in [2.45, 2.75) is 25.4 Å². The molecule has 7 nitrogen and oxygen atoms in total. The predicted octanol–water partition coefficient (Wildman–Crippen LogP) is 4.19. The maximum atomic E-state index is 15.9. The van der Waals surface area contributed by atoms with Crippen LogP contribution < -0.4 is 9.64 Å². The van der Waals surface area contributed by atoms with Gasteiger partial charge in [0, 0.05) is 24.8 Å². The highest BCUT2D eigenvalue weighted by molar-refractivity contribution is 6.00. The lowest BCUT2D eigenvalue weighted by atomic mass is 9.95. The van der Waals surface area contributed by atoms with Crippen molar-refractivity contribution in [2.24, 2.45) is 0 Å². The average molecular weight is 452 g/mol. The summed E-state index contributed by atoms with van der Waals surface area (Å²) in [4.78, 5) is 14.8. The lowest BCUT2D eigenvalue weighted by Gasteiger charge is -2.37. The molecule has 1 unspecified atom stereocenters. The fraction of sp³-hybridized carbons (Fsp3) is 0.292. The first-order chi connectivity index (χ1) is 15.8. The minimum absolute atomic E-state index is 0.0139. The Hall–Kier alpha value is -3.59. The van der Waals surface area contributed by atoms with Crippen molar-refractivity contribution in [1.29, 1.82) is 0 Å². The zero-order valence-corrected chi connectivity index (χ0v) is 18.1. The Morgan fingerprint density at radius 1 is 1.12 bits per heavy atom. The maximum Gasteiger partial charge on any atom is 0.318 e. The normalized spacial score (nSPS) is 18.8. The molecule has 5 rings (SSSR count). The Labute approximate surface area is 188 Å². The third-order valence-electron chi connectivity index (χ3n) is 5.96. The molecule has 2 N–H and O–H groups in total. The first-order valence-electron chi connectivity index (χ1n) is 10.6. The molecule has 1 fully saturated rings. The van der Waals surface area contributed by atoms with E-state index in [2.05, 4.69) is 15.0 Å². The van der Waals surface area contributed by atoms with Crippen molar-refractivity contribution in [3.63, 3.8) is 0 Å². The standard InChI is InChI=1S/C24H22F2N4O3/c1-24(32)6-3-7-30(12-24)22-18-11-27-20(19(26)21(18)28-23(29-22)33-2)17-10-15(31)8-13-4-5-14(25)9-16(13)17/h4-5,8-11,31-32H,3,6-7,12H2,1-2H3. The second-order valence-electron chi connectivity index (χ2n) is 8.60. The van der Waals surface area contributed by atoms with Gasteiger partial charge in [-0.3, -0.25) is 4.98 Å². The Balaban J connectivity index is 1.74. The summed E-state index contributed by atoms with van der Waals surface area (Å²) in [6, 6.07) is 6.86. The number of ether oxygens (including phenoxy) is 1. The number of phenols is 1. The number of nitrogens with zero attached hydrogens (tertiary/aromatic N) is 4. The smallest absolute Gasteiger partial charge is 0.318 e. The molecular weight excluding hydrogens is 430 g/mol. The molecule has 2 aromatic carbocycles. The highest BCUT2D eigenvalue weighted by Crippen LogP contribution is 2.37. The van der Waals surface area contributed by atoms with Gasteiger partial charge in [-0.2, -0.15) is 9.97 Å². The number of phenolic OH excluding ortho intramolecular Hbond substituents is 1. The lowest BCUT2D eigenvalue weighted by molar-refractivity contribution is 0.0447. The molecule has 1 atom stereocenters. The molecule has 0 aliphatic carbocycles. The Kier molecular flexibility index (Phi) is 5.01. The van der Waals surface area contributed by atoms with Gasteiger partial charge in [0.1, 0.15) is 28.6 Å². The third-order valence-corrected chi connectivity index (χ3v) is 5.96. The molecule has 0 radical (unpaired) electrons. The molecule has 2 aromatic heterocycles. The number of aliphatic hydroxyl groups is 1. The predicted molar refractivity (Wildman–Crippen MR) is 120 cm³/mol. The number of pyridine rings is 1. The Bertz CT molecular complexity index is 1390. The van der Waals surface area contributed by atoms with E-state index in [9.17, 15) is 14.6 Å². The third kappa shape index (κ3) is 3.78. The summed E-state index contributed by atoms with van der Waals surface area (Å²) in [6.45, 7) is 2.70. The number of hydrogen-bond acceptors (Lipinski definition) is 7. The number of aromatic nitrogens is 3. The number of fused-ring (bicyclic) bond motifs is 2. The molecule has 3 heterocycles. The van der Waals surface area contributed by atoms with Crippen LogP contribution in [0, 0.1) is 11.6 Å². The summed E-state index contributed by atoms with van der Waals surface area (Å²) >= 11 is 0. The van der Waals surface area contributed by atoms with E-state index in [0.717, 1.165) is 6.42 Å². The van der Waals surface area contributed by atoms with Crippen LogP contribution in [0.5, 0.6) is 11.8 Å². The second kappa shape index (κ2) is 7.77. The van der Waals surface area contributed by atoms with Crippen molar-refractivity contribution in [1.82, 2.24) is 15.0 Å². The van der Waals surface area contributed by atoms with E-state index in [0.29, 0.717) is 41.5 Å². The van der Waals surface area contributed by atoms with E-state index in [-0.39, 0.29) is 28.5 Å². The minimum Gasteiger partial charge on any atom is -0.508 e. The largest absolute Gasteiger partial charge is 0.508 e. The van der Waals surface area contributed by atoms with Gasteiger partial charge in [0.2, 0.25) is 0 Å². The first kappa shape index (κ1) is 21.3. The summed E-state index contributed by atoms with van der Waals surface area (Å²) in [7, 11) is 1.39. The van der Waals surface area contributed by atoms with Crippen molar-refractivity contribution < 1.29 is 23.7 Å². The number of hydrogen-bond donors (Lipinski definition) is 2. The summed E-state index contributed by atoms with van der Waals surface area (Å²) in [5.41, 5.74) is -0.755. The van der Waals surface area contributed by atoms with E-state index in [1.165, 1.54) is 43.6 Å². The van der Waals surface area contributed by atoms with Crippen LogP contribution in [0.25, 0.3) is 32.9 Å². The van der Waals surface area contributed by atoms with Gasteiger partial charge in [-0.1, -0.05) is 6.07 Å². The molecule has 9 heteroatoms. The van der Waals surface area contributed by atoms with Crippen LogP contribution in [0.3, 0.4) is 0 Å². The number of aromatic hydroxyl groups is 1. The van der Waals surface area contributed by atoms with E-state index < -0.39 is 17.2 Å². The van der Waals surface area contributed by atoms with Crippen LogP contribution in [0.15, 0.2) is 36.5 Å². The number of methoxy groups -OCH3 is 1. The summed E-state index contributed by atoms with van der Waals surface area (Å²) in [5, 5.41) is 22.0. The van der Waals surface area contributed by atoms with Crippen LogP contribution in [0.1, 0.15) is 19.8 Å². The van der Waals surface area contributed by atoms with Gasteiger partial charge in [0.05, 0.1) is 18.1 Å². The molecule has 1 aliphatic heterocycles. The molecule has 4 aromatic rings. The molecule has 33 heavy (non-hydrogen) atoms. The summed E-state index contributed by atoms with van der Waals surface area (Å²) < 4.78 is 35.1. The summed E-state index contributed by atoms with van der Waals surface area (Å²) in [6.07, 6.45) is 2.86. The highest BCUT2D eigenvalue weighted by Gasteiger charge is 2.31. The number of benzene rings is 2. The monoisotopic (exact) mass is 452 g/mol. The van der Waals surface area contributed by atoms with E-state index >= 15 is 4.39 Å². The molecule has 0 saturated carbocycles. The van der Waals surface area contributed by atoms with E-state index in [1.54, 1.807) is 6.92 Å². The van der Waals surface area contributed by atoms with Gasteiger partial charge in [-0.05, 0) is 54.8 Å². The molecule has 0 amide bonds. The van der Waals surface area contributed by atoms with Crippen LogP contribution in [0.2, 0.25) is 0 Å². The van der Waals surface area contributed by atoms with Gasteiger partial charge in [0.25, 0.3) is 0 Å². The molecule has 0 bridgehead atoms. The van der Waals surface area contributed by atoms with Gasteiger partial charge in [-0.25, -0.2) is 8.78 Å². The van der Waals surface area contributed by atoms with Crippen LogP contribution >= 0.6 is 0 Å². The quantitative estimate of drug-likeness (QED) is 0.482. The zero-order chi connectivity index (χ0) is 23.3. The van der Waals surface area contributed by atoms with Crippen LogP contribution in [-0.4, -0.2) is 51.0 Å². The number of piperidine rings is 1. The number of halogens is 2.